The Labute approximate surface area is 110 Å². The fourth-order valence-corrected chi connectivity index (χ4v) is 2.20. The molecular weight excluding hydrogens is 236 g/mol. The third-order valence-corrected chi connectivity index (χ3v) is 3.14. The molecule has 0 spiro atoms. The molecule has 0 saturated carbocycles. The summed E-state index contributed by atoms with van der Waals surface area (Å²) in [6.45, 7) is 0. The van der Waals surface area contributed by atoms with Crippen LogP contribution in [0.3, 0.4) is 0 Å². The Morgan fingerprint density at radius 1 is 1.00 bits per heavy atom. The van der Waals surface area contributed by atoms with Crippen LogP contribution in [0, 0.1) is 0 Å². The fraction of sp³-hybridized carbons (Fsp3) is 0. The predicted molar refractivity (Wildman–Crippen MR) is 75.7 cm³/mol. The largest absolute Gasteiger partial charge is 0.366 e. The van der Waals surface area contributed by atoms with Crippen molar-refractivity contribution in [1.82, 2.24) is 4.98 Å². The molecule has 3 rings (SSSR count). The highest BCUT2D eigenvalue weighted by Crippen LogP contribution is 2.26. The lowest BCUT2D eigenvalue weighted by Crippen LogP contribution is -2.12. The summed E-state index contributed by atoms with van der Waals surface area (Å²) in [6, 6.07) is 15.3. The number of hydrogen-bond acceptors (Lipinski definition) is 2. The van der Waals surface area contributed by atoms with Gasteiger partial charge in [-0.25, -0.2) is 0 Å². The number of nitrogens with zero attached hydrogens (tertiary/aromatic N) is 1. The number of primary amides is 1. The van der Waals surface area contributed by atoms with E-state index in [1.807, 2.05) is 48.7 Å². The van der Waals surface area contributed by atoms with Crippen molar-refractivity contribution in [3.05, 3.63) is 66.5 Å². The lowest BCUT2D eigenvalue weighted by Gasteiger charge is -2.07. The number of aromatic nitrogens is 1. The molecule has 1 amide bonds. The summed E-state index contributed by atoms with van der Waals surface area (Å²) in [7, 11) is 0. The maximum Gasteiger partial charge on any atom is 0.249 e. The van der Waals surface area contributed by atoms with Crippen LogP contribution in [0.2, 0.25) is 0 Å². The molecule has 0 fully saturated rings. The minimum atomic E-state index is -0.412. The van der Waals surface area contributed by atoms with Gasteiger partial charge in [-0.15, -0.1) is 0 Å². The lowest BCUT2D eigenvalue weighted by molar-refractivity contribution is 0.100. The van der Waals surface area contributed by atoms with E-state index in [-0.39, 0.29) is 0 Å². The van der Waals surface area contributed by atoms with Crippen LogP contribution < -0.4 is 5.73 Å². The van der Waals surface area contributed by atoms with Crippen LogP contribution in [0.1, 0.15) is 10.4 Å². The second-order valence-electron chi connectivity index (χ2n) is 4.35. The van der Waals surface area contributed by atoms with Gasteiger partial charge in [-0.1, -0.05) is 30.3 Å². The van der Waals surface area contributed by atoms with Gasteiger partial charge in [0.1, 0.15) is 0 Å². The molecule has 1 aromatic heterocycles. The number of hydrogen-bond donors (Lipinski definition) is 1. The number of amides is 1. The van der Waals surface area contributed by atoms with E-state index in [1.54, 1.807) is 12.3 Å². The van der Waals surface area contributed by atoms with Crippen molar-refractivity contribution in [3.63, 3.8) is 0 Å². The summed E-state index contributed by atoms with van der Waals surface area (Å²) in [4.78, 5) is 15.6. The van der Waals surface area contributed by atoms with Crippen molar-refractivity contribution in [2.45, 2.75) is 0 Å². The zero-order chi connectivity index (χ0) is 13.2. The van der Waals surface area contributed by atoms with Crippen LogP contribution in [0.4, 0.5) is 0 Å². The number of pyridine rings is 1. The standard InChI is InChI=1S/C16H12N2O/c17-16(19)15-4-2-1-3-14(15)12-5-6-13-10-18-8-7-11(13)9-12/h1-10H,(H2,17,19). The Hall–Kier alpha value is -2.68. The summed E-state index contributed by atoms with van der Waals surface area (Å²) in [5, 5.41) is 2.16. The SMILES string of the molecule is NC(=O)c1ccccc1-c1ccc2cnccc2c1. The van der Waals surface area contributed by atoms with Crippen LogP contribution in [-0.2, 0) is 0 Å². The molecule has 2 N–H and O–H groups in total. The smallest absolute Gasteiger partial charge is 0.249 e. The van der Waals surface area contributed by atoms with Crippen molar-refractivity contribution in [2.24, 2.45) is 5.73 Å². The highest BCUT2D eigenvalue weighted by atomic mass is 16.1. The molecule has 92 valence electrons. The van der Waals surface area contributed by atoms with Crippen LogP contribution in [0.25, 0.3) is 21.9 Å². The summed E-state index contributed by atoms with van der Waals surface area (Å²) < 4.78 is 0. The van der Waals surface area contributed by atoms with E-state index in [0.29, 0.717) is 5.56 Å². The van der Waals surface area contributed by atoms with Crippen LogP contribution in [0.15, 0.2) is 60.9 Å². The molecule has 3 heteroatoms. The van der Waals surface area contributed by atoms with Crippen molar-refractivity contribution in [2.75, 3.05) is 0 Å². The minimum absolute atomic E-state index is 0.412. The van der Waals surface area contributed by atoms with Crippen molar-refractivity contribution < 1.29 is 4.79 Å². The molecular formula is C16H12N2O. The quantitative estimate of drug-likeness (QED) is 0.758. The fourth-order valence-electron chi connectivity index (χ4n) is 2.20. The van der Waals surface area contributed by atoms with Gasteiger partial charge < -0.3 is 5.73 Å². The summed E-state index contributed by atoms with van der Waals surface area (Å²) in [5.41, 5.74) is 7.79. The number of fused-ring (bicyclic) bond motifs is 1. The predicted octanol–water partition coefficient (Wildman–Crippen LogP) is 3.00. The van der Waals surface area contributed by atoms with Gasteiger partial charge in [0.2, 0.25) is 5.91 Å². The number of carbonyl (C=O) groups excluding carboxylic acids is 1. The maximum atomic E-state index is 11.5. The number of carbonyl (C=O) groups is 1. The van der Waals surface area contributed by atoms with Gasteiger partial charge in [0.15, 0.2) is 0 Å². The summed E-state index contributed by atoms with van der Waals surface area (Å²) >= 11 is 0. The zero-order valence-electron chi connectivity index (χ0n) is 10.2. The first-order chi connectivity index (χ1) is 9.25. The molecule has 3 aromatic rings. The molecule has 1 heterocycles. The van der Waals surface area contributed by atoms with Crippen molar-refractivity contribution >= 4 is 16.7 Å². The Kier molecular flexibility index (Phi) is 2.72. The van der Waals surface area contributed by atoms with E-state index in [2.05, 4.69) is 4.98 Å². The molecule has 0 aliphatic heterocycles. The van der Waals surface area contributed by atoms with Gasteiger partial charge in [-0.2, -0.15) is 0 Å². The third kappa shape index (κ3) is 2.06. The first-order valence-electron chi connectivity index (χ1n) is 5.99. The average Bonchev–Trinajstić information content (AvgIpc) is 2.46. The van der Waals surface area contributed by atoms with E-state index >= 15 is 0 Å². The number of rotatable bonds is 2. The van der Waals surface area contributed by atoms with Gasteiger partial charge in [-0.05, 0) is 34.7 Å². The van der Waals surface area contributed by atoms with E-state index < -0.39 is 5.91 Å². The van der Waals surface area contributed by atoms with Crippen molar-refractivity contribution in [3.8, 4) is 11.1 Å². The Balaban J connectivity index is 2.22. The molecule has 0 aliphatic rings. The second kappa shape index (κ2) is 4.53. The van der Waals surface area contributed by atoms with E-state index in [4.69, 9.17) is 5.73 Å². The van der Waals surface area contributed by atoms with Crippen LogP contribution >= 0.6 is 0 Å². The average molecular weight is 248 g/mol. The molecule has 0 radical (unpaired) electrons. The molecule has 0 atom stereocenters. The normalized spacial score (nSPS) is 10.5. The second-order valence-corrected chi connectivity index (χ2v) is 4.35. The molecule has 0 saturated heterocycles. The van der Waals surface area contributed by atoms with Gasteiger partial charge >= 0.3 is 0 Å². The summed E-state index contributed by atoms with van der Waals surface area (Å²) in [6.07, 6.45) is 3.57. The minimum Gasteiger partial charge on any atom is -0.366 e. The van der Waals surface area contributed by atoms with Gasteiger partial charge in [0.25, 0.3) is 0 Å². The lowest BCUT2D eigenvalue weighted by atomic mass is 9.97. The zero-order valence-corrected chi connectivity index (χ0v) is 10.2. The van der Waals surface area contributed by atoms with Crippen LogP contribution in [0.5, 0.6) is 0 Å². The summed E-state index contributed by atoms with van der Waals surface area (Å²) in [5.74, 6) is -0.412. The topological polar surface area (TPSA) is 56.0 Å². The Bertz CT molecular complexity index is 765. The van der Waals surface area contributed by atoms with Crippen molar-refractivity contribution in [1.29, 1.82) is 0 Å². The highest BCUT2D eigenvalue weighted by Gasteiger charge is 2.09. The highest BCUT2D eigenvalue weighted by molar-refractivity contribution is 6.00. The van der Waals surface area contributed by atoms with E-state index in [0.717, 1.165) is 21.9 Å². The molecule has 0 bridgehead atoms. The molecule has 0 unspecified atom stereocenters. The molecule has 2 aromatic carbocycles. The number of benzene rings is 2. The maximum absolute atomic E-state index is 11.5. The van der Waals surface area contributed by atoms with Gasteiger partial charge in [0, 0.05) is 23.3 Å². The van der Waals surface area contributed by atoms with Crippen LogP contribution in [-0.4, -0.2) is 10.9 Å². The molecule has 19 heavy (non-hydrogen) atoms. The Morgan fingerprint density at radius 3 is 2.68 bits per heavy atom. The first-order valence-corrected chi connectivity index (χ1v) is 5.99. The Morgan fingerprint density at radius 2 is 1.84 bits per heavy atom. The van der Waals surface area contributed by atoms with Gasteiger partial charge in [0.05, 0.1) is 0 Å². The molecule has 0 aliphatic carbocycles. The number of nitrogens with two attached hydrogens (primary N) is 1. The third-order valence-electron chi connectivity index (χ3n) is 3.14. The first kappa shape index (κ1) is 11.4. The molecule has 3 nitrogen and oxygen atoms in total. The monoisotopic (exact) mass is 248 g/mol. The van der Waals surface area contributed by atoms with E-state index in [1.165, 1.54) is 0 Å². The van der Waals surface area contributed by atoms with Gasteiger partial charge in [-0.3, -0.25) is 9.78 Å². The van der Waals surface area contributed by atoms with E-state index in [9.17, 15) is 4.79 Å².